The SMILES string of the molecule is CCNC(c1ccccc1)C(C(C)C)N1CCN(C)CC1. The van der Waals surface area contributed by atoms with Crippen molar-refractivity contribution in [1.29, 1.82) is 0 Å². The van der Waals surface area contributed by atoms with Crippen molar-refractivity contribution in [3.8, 4) is 0 Å². The molecule has 118 valence electrons. The van der Waals surface area contributed by atoms with Gasteiger partial charge < -0.3 is 10.2 Å². The van der Waals surface area contributed by atoms with E-state index in [2.05, 4.69) is 73.3 Å². The number of nitrogens with one attached hydrogen (secondary N) is 1. The molecule has 3 heteroatoms. The Kier molecular flexibility index (Phi) is 6.22. The van der Waals surface area contributed by atoms with Crippen LogP contribution in [0.1, 0.15) is 32.4 Å². The summed E-state index contributed by atoms with van der Waals surface area (Å²) >= 11 is 0. The highest BCUT2D eigenvalue weighted by atomic mass is 15.3. The minimum atomic E-state index is 0.416. The van der Waals surface area contributed by atoms with Gasteiger partial charge in [0.1, 0.15) is 0 Å². The van der Waals surface area contributed by atoms with E-state index < -0.39 is 0 Å². The topological polar surface area (TPSA) is 18.5 Å². The molecule has 3 nitrogen and oxygen atoms in total. The summed E-state index contributed by atoms with van der Waals surface area (Å²) in [7, 11) is 2.22. The molecule has 0 aromatic heterocycles. The second kappa shape index (κ2) is 7.92. The minimum absolute atomic E-state index is 0.416. The Morgan fingerprint density at radius 2 is 1.67 bits per heavy atom. The van der Waals surface area contributed by atoms with Crippen LogP contribution in [0.2, 0.25) is 0 Å². The summed E-state index contributed by atoms with van der Waals surface area (Å²) in [6.45, 7) is 12.6. The zero-order valence-corrected chi connectivity index (χ0v) is 14.0. The van der Waals surface area contributed by atoms with Gasteiger partial charge in [0.2, 0.25) is 0 Å². The van der Waals surface area contributed by atoms with Crippen molar-refractivity contribution in [1.82, 2.24) is 15.1 Å². The van der Waals surface area contributed by atoms with E-state index in [0.717, 1.165) is 6.54 Å². The second-order valence-corrected chi connectivity index (χ2v) is 6.52. The van der Waals surface area contributed by atoms with Crippen LogP contribution < -0.4 is 5.32 Å². The van der Waals surface area contributed by atoms with Crippen molar-refractivity contribution < 1.29 is 0 Å². The second-order valence-electron chi connectivity index (χ2n) is 6.52. The Bertz CT molecular complexity index is 396. The van der Waals surface area contributed by atoms with E-state index in [1.807, 2.05) is 0 Å². The zero-order chi connectivity index (χ0) is 15.2. The summed E-state index contributed by atoms with van der Waals surface area (Å²) in [4.78, 5) is 5.11. The summed E-state index contributed by atoms with van der Waals surface area (Å²) in [5.41, 5.74) is 1.41. The van der Waals surface area contributed by atoms with E-state index in [1.165, 1.54) is 31.7 Å². The molecular weight excluding hydrogens is 258 g/mol. The molecule has 2 atom stereocenters. The molecular formula is C18H31N3. The third-order valence-corrected chi connectivity index (χ3v) is 4.57. The van der Waals surface area contributed by atoms with Gasteiger partial charge in [-0.2, -0.15) is 0 Å². The van der Waals surface area contributed by atoms with E-state index in [4.69, 9.17) is 0 Å². The molecule has 21 heavy (non-hydrogen) atoms. The largest absolute Gasteiger partial charge is 0.309 e. The van der Waals surface area contributed by atoms with Crippen LogP contribution in [0.4, 0.5) is 0 Å². The van der Waals surface area contributed by atoms with Crippen LogP contribution in [0, 0.1) is 5.92 Å². The molecule has 1 aromatic carbocycles. The molecule has 1 fully saturated rings. The van der Waals surface area contributed by atoms with Gasteiger partial charge in [-0.25, -0.2) is 0 Å². The molecule has 0 aliphatic carbocycles. The normalized spacial score (nSPS) is 20.6. The molecule has 0 radical (unpaired) electrons. The van der Waals surface area contributed by atoms with Gasteiger partial charge in [-0.1, -0.05) is 51.1 Å². The number of piperazine rings is 1. The van der Waals surface area contributed by atoms with Crippen molar-refractivity contribution in [3.05, 3.63) is 35.9 Å². The maximum absolute atomic E-state index is 3.73. The van der Waals surface area contributed by atoms with Gasteiger partial charge in [0.05, 0.1) is 0 Å². The Balaban J connectivity index is 2.20. The van der Waals surface area contributed by atoms with Gasteiger partial charge in [-0.15, -0.1) is 0 Å². The molecule has 1 N–H and O–H groups in total. The molecule has 1 aliphatic rings. The van der Waals surface area contributed by atoms with E-state index in [9.17, 15) is 0 Å². The summed E-state index contributed by atoms with van der Waals surface area (Å²) in [6.07, 6.45) is 0. The zero-order valence-electron chi connectivity index (χ0n) is 14.0. The predicted octanol–water partition coefficient (Wildman–Crippen LogP) is 2.61. The van der Waals surface area contributed by atoms with Gasteiger partial charge >= 0.3 is 0 Å². The fourth-order valence-electron chi connectivity index (χ4n) is 3.45. The summed E-state index contributed by atoms with van der Waals surface area (Å²) in [6, 6.07) is 11.9. The van der Waals surface area contributed by atoms with Crippen molar-refractivity contribution in [2.45, 2.75) is 32.9 Å². The predicted molar refractivity (Wildman–Crippen MR) is 90.6 cm³/mol. The molecule has 1 aliphatic heterocycles. The molecule has 0 amide bonds. The van der Waals surface area contributed by atoms with Gasteiger partial charge in [-0.05, 0) is 25.1 Å². The highest BCUT2D eigenvalue weighted by molar-refractivity contribution is 5.21. The average molecular weight is 289 g/mol. The molecule has 2 unspecified atom stereocenters. The third kappa shape index (κ3) is 4.29. The van der Waals surface area contributed by atoms with E-state index in [1.54, 1.807) is 0 Å². The number of benzene rings is 1. The lowest BCUT2D eigenvalue weighted by atomic mass is 9.89. The lowest BCUT2D eigenvalue weighted by Gasteiger charge is -2.44. The summed E-state index contributed by atoms with van der Waals surface area (Å²) in [5, 5.41) is 3.73. The van der Waals surface area contributed by atoms with Crippen molar-refractivity contribution in [2.24, 2.45) is 5.92 Å². The van der Waals surface area contributed by atoms with Crippen molar-refractivity contribution in [3.63, 3.8) is 0 Å². The Morgan fingerprint density at radius 1 is 1.05 bits per heavy atom. The van der Waals surface area contributed by atoms with Crippen LogP contribution >= 0.6 is 0 Å². The Morgan fingerprint density at radius 3 is 2.19 bits per heavy atom. The smallest absolute Gasteiger partial charge is 0.0480 e. The van der Waals surface area contributed by atoms with Crippen LogP contribution in [0.5, 0.6) is 0 Å². The third-order valence-electron chi connectivity index (χ3n) is 4.57. The first-order valence-corrected chi connectivity index (χ1v) is 8.34. The molecule has 1 heterocycles. The Labute approximate surface area is 130 Å². The standard InChI is InChI=1S/C18H31N3/c1-5-19-17(16-9-7-6-8-10-16)18(15(2)3)21-13-11-20(4)12-14-21/h6-10,15,17-19H,5,11-14H2,1-4H3. The molecule has 0 spiro atoms. The van der Waals surface area contributed by atoms with E-state index >= 15 is 0 Å². The van der Waals surface area contributed by atoms with Crippen LogP contribution in [0.3, 0.4) is 0 Å². The van der Waals surface area contributed by atoms with Crippen LogP contribution in [-0.4, -0.2) is 55.6 Å². The van der Waals surface area contributed by atoms with Gasteiger partial charge in [0.25, 0.3) is 0 Å². The summed E-state index contributed by atoms with van der Waals surface area (Å²) in [5.74, 6) is 0.637. The fourth-order valence-corrected chi connectivity index (χ4v) is 3.45. The van der Waals surface area contributed by atoms with Gasteiger partial charge in [-0.3, -0.25) is 4.90 Å². The van der Waals surface area contributed by atoms with Crippen LogP contribution in [-0.2, 0) is 0 Å². The first-order valence-electron chi connectivity index (χ1n) is 8.34. The first kappa shape index (κ1) is 16.5. The number of hydrogen-bond acceptors (Lipinski definition) is 3. The lowest BCUT2D eigenvalue weighted by Crippen LogP contribution is -2.54. The van der Waals surface area contributed by atoms with Crippen LogP contribution in [0.15, 0.2) is 30.3 Å². The number of hydrogen-bond donors (Lipinski definition) is 1. The van der Waals surface area contributed by atoms with Crippen LogP contribution in [0.25, 0.3) is 0 Å². The lowest BCUT2D eigenvalue weighted by molar-refractivity contribution is 0.0659. The van der Waals surface area contributed by atoms with Crippen molar-refractivity contribution >= 4 is 0 Å². The van der Waals surface area contributed by atoms with Gasteiger partial charge in [0.15, 0.2) is 0 Å². The fraction of sp³-hybridized carbons (Fsp3) is 0.667. The molecule has 0 bridgehead atoms. The minimum Gasteiger partial charge on any atom is -0.309 e. The number of nitrogens with zero attached hydrogens (tertiary/aromatic N) is 2. The number of rotatable bonds is 6. The molecule has 1 aromatic rings. The van der Waals surface area contributed by atoms with Gasteiger partial charge in [0, 0.05) is 38.3 Å². The first-order chi connectivity index (χ1) is 10.1. The van der Waals surface area contributed by atoms with E-state index in [-0.39, 0.29) is 0 Å². The van der Waals surface area contributed by atoms with E-state index in [0.29, 0.717) is 18.0 Å². The maximum atomic E-state index is 3.73. The summed E-state index contributed by atoms with van der Waals surface area (Å²) < 4.78 is 0. The highest BCUT2D eigenvalue weighted by Crippen LogP contribution is 2.27. The monoisotopic (exact) mass is 289 g/mol. The quantitative estimate of drug-likeness (QED) is 0.868. The van der Waals surface area contributed by atoms with Crippen molar-refractivity contribution in [2.75, 3.05) is 39.8 Å². The highest BCUT2D eigenvalue weighted by Gasteiger charge is 2.32. The average Bonchev–Trinajstić information content (AvgIpc) is 2.49. The number of likely N-dealkylation sites (N-methyl/N-ethyl adjacent to an activating group) is 2. The Hall–Kier alpha value is -0.900. The molecule has 0 saturated carbocycles. The maximum Gasteiger partial charge on any atom is 0.0480 e. The molecule has 1 saturated heterocycles. The molecule has 2 rings (SSSR count).